The average Bonchev–Trinajstić information content (AvgIpc) is 3.17. The highest BCUT2D eigenvalue weighted by atomic mass is 16.5. The van der Waals surface area contributed by atoms with Crippen molar-refractivity contribution in [2.24, 2.45) is 10.9 Å². The van der Waals surface area contributed by atoms with Crippen LogP contribution in [0.3, 0.4) is 0 Å². The van der Waals surface area contributed by atoms with Gasteiger partial charge in [0.1, 0.15) is 11.5 Å². The molecular formula is C22H37N5O2. The lowest BCUT2D eigenvalue weighted by Gasteiger charge is -2.30. The second-order valence-electron chi connectivity index (χ2n) is 8.31. The Bertz CT molecular complexity index is 659. The van der Waals surface area contributed by atoms with Crippen LogP contribution in [-0.2, 0) is 6.54 Å². The van der Waals surface area contributed by atoms with Crippen LogP contribution in [0.1, 0.15) is 24.8 Å². The molecule has 2 aliphatic rings. The van der Waals surface area contributed by atoms with Gasteiger partial charge in [0.05, 0.1) is 14.2 Å². The van der Waals surface area contributed by atoms with E-state index in [2.05, 4.69) is 44.6 Å². The number of benzene rings is 1. The number of hydrogen-bond donors (Lipinski definition) is 2. The number of guanidine groups is 1. The van der Waals surface area contributed by atoms with Crippen LogP contribution in [0.25, 0.3) is 0 Å². The number of nitrogens with zero attached hydrogens (tertiary/aromatic N) is 3. The van der Waals surface area contributed by atoms with Gasteiger partial charge in [0.2, 0.25) is 0 Å². The molecule has 2 atom stereocenters. The quantitative estimate of drug-likeness (QED) is 0.535. The lowest BCUT2D eigenvalue weighted by atomic mass is 9.99. The fraction of sp³-hybridized carbons (Fsp3) is 0.682. The van der Waals surface area contributed by atoms with E-state index in [-0.39, 0.29) is 0 Å². The average molecular weight is 404 g/mol. The highest BCUT2D eigenvalue weighted by Gasteiger charge is 2.24. The Hall–Kier alpha value is -1.99. The van der Waals surface area contributed by atoms with E-state index in [0.29, 0.717) is 12.0 Å². The summed E-state index contributed by atoms with van der Waals surface area (Å²) in [6.07, 6.45) is 3.71. The van der Waals surface area contributed by atoms with Crippen molar-refractivity contribution in [1.82, 2.24) is 20.4 Å². The van der Waals surface area contributed by atoms with Crippen molar-refractivity contribution in [3.05, 3.63) is 23.8 Å². The number of piperidine rings is 1. The molecule has 0 aliphatic carbocycles. The van der Waals surface area contributed by atoms with Gasteiger partial charge in [0.15, 0.2) is 5.96 Å². The van der Waals surface area contributed by atoms with E-state index in [0.717, 1.165) is 50.1 Å². The normalized spacial score (nSPS) is 23.8. The van der Waals surface area contributed by atoms with Gasteiger partial charge in [-0.25, -0.2) is 0 Å². The third-order valence-electron chi connectivity index (χ3n) is 5.93. The number of hydrogen-bond acceptors (Lipinski definition) is 5. The number of methoxy groups -OCH3 is 2. The van der Waals surface area contributed by atoms with Gasteiger partial charge in [-0.2, -0.15) is 0 Å². The maximum atomic E-state index is 5.40. The molecule has 2 unspecified atom stereocenters. The third kappa shape index (κ3) is 6.51. The highest BCUT2D eigenvalue weighted by Crippen LogP contribution is 2.24. The smallest absolute Gasteiger partial charge is 0.191 e. The minimum Gasteiger partial charge on any atom is -0.497 e. The fourth-order valence-corrected chi connectivity index (χ4v) is 4.38. The van der Waals surface area contributed by atoms with Crippen LogP contribution in [0.5, 0.6) is 11.5 Å². The second-order valence-corrected chi connectivity index (χ2v) is 8.31. The van der Waals surface area contributed by atoms with Crippen LogP contribution in [-0.4, -0.2) is 82.8 Å². The van der Waals surface area contributed by atoms with Crippen LogP contribution in [0.2, 0.25) is 0 Å². The van der Waals surface area contributed by atoms with Crippen LogP contribution in [0.4, 0.5) is 0 Å². The van der Waals surface area contributed by atoms with Crippen LogP contribution in [0.15, 0.2) is 23.2 Å². The number of ether oxygens (including phenoxy) is 2. The molecule has 0 radical (unpaired) electrons. The summed E-state index contributed by atoms with van der Waals surface area (Å²) in [6.45, 7) is 6.36. The summed E-state index contributed by atoms with van der Waals surface area (Å²) in [5.41, 5.74) is 1.21. The number of aliphatic imine (C=N–C) groups is 1. The van der Waals surface area contributed by atoms with Crippen molar-refractivity contribution in [2.75, 3.05) is 61.0 Å². The van der Waals surface area contributed by atoms with Crippen LogP contribution in [0, 0.1) is 5.92 Å². The van der Waals surface area contributed by atoms with E-state index in [1.807, 2.05) is 13.1 Å². The van der Waals surface area contributed by atoms with E-state index in [1.165, 1.54) is 31.5 Å². The molecule has 2 heterocycles. The number of nitrogens with one attached hydrogen (secondary N) is 2. The van der Waals surface area contributed by atoms with Crippen LogP contribution < -0.4 is 20.1 Å². The van der Waals surface area contributed by atoms with Crippen molar-refractivity contribution in [3.63, 3.8) is 0 Å². The van der Waals surface area contributed by atoms with Gasteiger partial charge in [-0.05, 0) is 56.5 Å². The maximum absolute atomic E-state index is 5.40. The third-order valence-corrected chi connectivity index (χ3v) is 5.93. The van der Waals surface area contributed by atoms with Crippen LogP contribution >= 0.6 is 0 Å². The lowest BCUT2D eigenvalue weighted by molar-refractivity contribution is 0.210. The van der Waals surface area contributed by atoms with Gasteiger partial charge in [-0.1, -0.05) is 0 Å². The Morgan fingerprint density at radius 2 is 1.86 bits per heavy atom. The largest absolute Gasteiger partial charge is 0.497 e. The highest BCUT2D eigenvalue weighted by molar-refractivity contribution is 5.80. The number of rotatable bonds is 7. The Balaban J connectivity index is 1.46. The minimum absolute atomic E-state index is 0.419. The molecule has 0 aromatic heterocycles. The lowest BCUT2D eigenvalue weighted by Crippen LogP contribution is -2.47. The van der Waals surface area contributed by atoms with Gasteiger partial charge in [0, 0.05) is 51.9 Å². The van der Waals surface area contributed by atoms with Gasteiger partial charge >= 0.3 is 0 Å². The molecule has 0 spiro atoms. The molecule has 2 saturated heterocycles. The first-order valence-corrected chi connectivity index (χ1v) is 10.7. The topological polar surface area (TPSA) is 61.4 Å². The molecule has 1 aromatic carbocycles. The maximum Gasteiger partial charge on any atom is 0.191 e. The summed E-state index contributed by atoms with van der Waals surface area (Å²) in [7, 11) is 7.46. The summed E-state index contributed by atoms with van der Waals surface area (Å²) in [6, 6.07) is 6.51. The van der Waals surface area contributed by atoms with Crippen molar-refractivity contribution in [1.29, 1.82) is 0 Å². The molecule has 7 nitrogen and oxygen atoms in total. The first kappa shape index (κ1) is 21.7. The van der Waals surface area contributed by atoms with Crippen molar-refractivity contribution < 1.29 is 9.47 Å². The van der Waals surface area contributed by atoms with Crippen molar-refractivity contribution >= 4 is 5.96 Å². The zero-order valence-corrected chi connectivity index (χ0v) is 18.4. The molecule has 3 rings (SSSR count). The van der Waals surface area contributed by atoms with Gasteiger partial charge in [0.25, 0.3) is 0 Å². The SMILES string of the molecule is CN=C(NCC1CCCN(C)C1)NC1CCN(Cc2cc(OC)cc(OC)c2)C1. The summed E-state index contributed by atoms with van der Waals surface area (Å²) in [4.78, 5) is 9.33. The molecule has 1 aromatic rings. The second kappa shape index (κ2) is 10.7. The summed E-state index contributed by atoms with van der Waals surface area (Å²) in [5.74, 6) is 3.31. The standard InChI is InChI=1S/C22H37N5O2/c1-23-22(24-13-17-6-5-8-26(2)14-17)25-19-7-9-27(16-19)15-18-10-20(28-3)12-21(11-18)29-4/h10-12,17,19H,5-9,13-16H2,1-4H3,(H2,23,24,25). The molecule has 0 amide bonds. The summed E-state index contributed by atoms with van der Waals surface area (Å²) in [5, 5.41) is 7.15. The molecule has 2 fully saturated rings. The molecule has 0 bridgehead atoms. The minimum atomic E-state index is 0.419. The summed E-state index contributed by atoms with van der Waals surface area (Å²) < 4.78 is 10.8. The van der Waals surface area contributed by atoms with E-state index in [4.69, 9.17) is 9.47 Å². The monoisotopic (exact) mass is 403 g/mol. The molecule has 29 heavy (non-hydrogen) atoms. The Labute approximate surface area is 175 Å². The van der Waals surface area contributed by atoms with Crippen molar-refractivity contribution in [3.8, 4) is 11.5 Å². The Kier molecular flexibility index (Phi) is 8.00. The first-order valence-electron chi connectivity index (χ1n) is 10.7. The van der Waals surface area contributed by atoms with Gasteiger partial charge in [-0.15, -0.1) is 0 Å². The number of likely N-dealkylation sites (tertiary alicyclic amines) is 2. The predicted octanol–water partition coefficient (Wildman–Crippen LogP) is 1.78. The Morgan fingerprint density at radius 1 is 1.10 bits per heavy atom. The molecule has 162 valence electrons. The van der Waals surface area contributed by atoms with E-state index in [9.17, 15) is 0 Å². The molecule has 2 aliphatic heterocycles. The zero-order chi connectivity index (χ0) is 20.6. The zero-order valence-electron chi connectivity index (χ0n) is 18.4. The van der Waals surface area contributed by atoms with Crippen molar-refractivity contribution in [2.45, 2.75) is 31.8 Å². The molecular weight excluding hydrogens is 366 g/mol. The van der Waals surface area contributed by atoms with E-state index < -0.39 is 0 Å². The summed E-state index contributed by atoms with van der Waals surface area (Å²) >= 11 is 0. The first-order chi connectivity index (χ1) is 14.1. The Morgan fingerprint density at radius 3 is 2.52 bits per heavy atom. The van der Waals surface area contributed by atoms with Gasteiger partial charge < -0.3 is 25.0 Å². The predicted molar refractivity (Wildman–Crippen MR) is 118 cm³/mol. The molecule has 7 heteroatoms. The fourth-order valence-electron chi connectivity index (χ4n) is 4.38. The molecule has 2 N–H and O–H groups in total. The van der Waals surface area contributed by atoms with E-state index >= 15 is 0 Å². The van der Waals surface area contributed by atoms with E-state index in [1.54, 1.807) is 14.2 Å². The molecule has 0 saturated carbocycles. The van der Waals surface area contributed by atoms with Gasteiger partial charge in [-0.3, -0.25) is 9.89 Å².